The van der Waals surface area contributed by atoms with Gasteiger partial charge in [0.1, 0.15) is 0 Å². The third-order valence-corrected chi connectivity index (χ3v) is 4.38. The number of nitrogens with one attached hydrogen (secondary N) is 1. The molecule has 1 aliphatic rings. The van der Waals surface area contributed by atoms with Gasteiger partial charge >= 0.3 is 6.18 Å². The Kier molecular flexibility index (Phi) is 4.99. The van der Waals surface area contributed by atoms with Gasteiger partial charge in [0.2, 0.25) is 5.95 Å². The highest BCUT2D eigenvalue weighted by Gasteiger charge is 2.33. The van der Waals surface area contributed by atoms with Crippen LogP contribution >= 0.6 is 11.6 Å². The maximum atomic E-state index is 12.9. The minimum atomic E-state index is -4.53. The van der Waals surface area contributed by atoms with Gasteiger partial charge in [0.25, 0.3) is 0 Å². The third kappa shape index (κ3) is 4.31. The van der Waals surface area contributed by atoms with Crippen LogP contribution < -0.4 is 10.2 Å². The lowest BCUT2D eigenvalue weighted by Gasteiger charge is -2.31. The first kappa shape index (κ1) is 17.7. The molecule has 1 N–H and O–H groups in total. The molecule has 1 unspecified atom stereocenters. The van der Waals surface area contributed by atoms with Gasteiger partial charge in [-0.25, -0.2) is 0 Å². The minimum absolute atomic E-state index is 0.145. The summed E-state index contributed by atoms with van der Waals surface area (Å²) in [6, 6.07) is 3.56. The molecule has 9 heteroatoms. The predicted molar refractivity (Wildman–Crippen MR) is 90.2 cm³/mol. The lowest BCUT2D eigenvalue weighted by atomic mass is 10.0. The van der Waals surface area contributed by atoms with Gasteiger partial charge in [0.05, 0.1) is 16.8 Å². The maximum absolute atomic E-state index is 12.9. The normalized spacial score (nSPS) is 18.3. The van der Waals surface area contributed by atoms with Crippen LogP contribution in [0.4, 0.5) is 30.6 Å². The Morgan fingerprint density at radius 1 is 1.32 bits per heavy atom. The molecule has 1 aromatic carbocycles. The van der Waals surface area contributed by atoms with Gasteiger partial charge in [0, 0.05) is 18.8 Å². The third-order valence-electron chi connectivity index (χ3n) is 4.06. The minimum Gasteiger partial charge on any atom is -0.355 e. The van der Waals surface area contributed by atoms with Gasteiger partial charge < -0.3 is 10.2 Å². The van der Waals surface area contributed by atoms with Crippen LogP contribution in [-0.4, -0.2) is 28.3 Å². The monoisotopic (exact) mass is 371 g/mol. The Hall–Kier alpha value is -2.09. The molecule has 1 aromatic heterocycles. The zero-order chi connectivity index (χ0) is 18.0. The van der Waals surface area contributed by atoms with Gasteiger partial charge in [-0.2, -0.15) is 23.3 Å². The summed E-state index contributed by atoms with van der Waals surface area (Å²) in [5.41, 5.74) is -0.712. The average molecular weight is 372 g/mol. The lowest BCUT2D eigenvalue weighted by Crippen LogP contribution is -2.35. The summed E-state index contributed by atoms with van der Waals surface area (Å²) in [6.07, 6.45) is -0.725. The summed E-state index contributed by atoms with van der Waals surface area (Å²) >= 11 is 5.63. The molecule has 2 aromatic rings. The fraction of sp³-hybridized carbons (Fsp3) is 0.438. The van der Waals surface area contributed by atoms with Crippen molar-refractivity contribution < 1.29 is 13.2 Å². The van der Waals surface area contributed by atoms with E-state index in [9.17, 15) is 13.2 Å². The molecule has 0 aliphatic carbocycles. The number of piperidine rings is 1. The van der Waals surface area contributed by atoms with E-state index in [1.165, 1.54) is 18.6 Å². The Morgan fingerprint density at radius 2 is 2.12 bits per heavy atom. The number of nitrogens with zero attached hydrogens (tertiary/aromatic N) is 4. The molecule has 1 aliphatic heterocycles. The molecule has 5 nitrogen and oxygen atoms in total. The highest BCUT2D eigenvalue weighted by atomic mass is 35.5. The zero-order valence-corrected chi connectivity index (χ0v) is 14.3. The van der Waals surface area contributed by atoms with Crippen LogP contribution in [0.1, 0.15) is 25.3 Å². The first-order chi connectivity index (χ1) is 11.8. The molecular formula is C16H17ClF3N5. The second-order valence-corrected chi connectivity index (χ2v) is 6.56. The molecule has 1 fully saturated rings. The van der Waals surface area contributed by atoms with Crippen molar-refractivity contribution in [2.75, 3.05) is 23.3 Å². The number of anilines is 3. The smallest absolute Gasteiger partial charge is 0.355 e. The van der Waals surface area contributed by atoms with Crippen molar-refractivity contribution in [3.8, 4) is 0 Å². The SMILES string of the molecule is CC1CCCN(c2cnnc(Nc3ccc(Cl)c(C(F)(F)F)c3)n2)C1. The van der Waals surface area contributed by atoms with E-state index in [4.69, 9.17) is 11.6 Å². The van der Waals surface area contributed by atoms with E-state index in [1.54, 1.807) is 6.20 Å². The maximum Gasteiger partial charge on any atom is 0.417 e. The quantitative estimate of drug-likeness (QED) is 0.859. The molecule has 134 valence electrons. The molecule has 0 saturated carbocycles. The Bertz CT molecular complexity index is 753. The van der Waals surface area contributed by atoms with E-state index >= 15 is 0 Å². The van der Waals surface area contributed by atoms with Crippen molar-refractivity contribution in [1.82, 2.24) is 15.2 Å². The second-order valence-electron chi connectivity index (χ2n) is 6.15. The number of rotatable bonds is 3. The second kappa shape index (κ2) is 7.03. The summed E-state index contributed by atoms with van der Waals surface area (Å²) < 4.78 is 38.8. The van der Waals surface area contributed by atoms with Gasteiger partial charge in [-0.05, 0) is 37.0 Å². The van der Waals surface area contributed by atoms with E-state index in [2.05, 4.69) is 32.3 Å². The highest BCUT2D eigenvalue weighted by Crippen LogP contribution is 2.36. The van der Waals surface area contributed by atoms with E-state index in [0.29, 0.717) is 11.7 Å². The molecule has 1 saturated heterocycles. The van der Waals surface area contributed by atoms with E-state index < -0.39 is 11.7 Å². The molecule has 0 bridgehead atoms. The summed E-state index contributed by atoms with van der Waals surface area (Å²) in [4.78, 5) is 6.48. The van der Waals surface area contributed by atoms with Gasteiger partial charge in [-0.15, -0.1) is 5.10 Å². The van der Waals surface area contributed by atoms with Crippen LogP contribution in [-0.2, 0) is 6.18 Å². The van der Waals surface area contributed by atoms with Crippen LogP contribution in [0.25, 0.3) is 0 Å². The largest absolute Gasteiger partial charge is 0.417 e. The van der Waals surface area contributed by atoms with Crippen molar-refractivity contribution in [2.24, 2.45) is 5.92 Å². The first-order valence-corrected chi connectivity index (χ1v) is 8.29. The van der Waals surface area contributed by atoms with Crippen LogP contribution in [0.5, 0.6) is 0 Å². The summed E-state index contributed by atoms with van der Waals surface area (Å²) in [5, 5.41) is 10.2. The van der Waals surface area contributed by atoms with E-state index in [1.807, 2.05) is 0 Å². The molecule has 1 atom stereocenters. The van der Waals surface area contributed by atoms with Crippen molar-refractivity contribution in [3.05, 3.63) is 35.0 Å². The van der Waals surface area contributed by atoms with Crippen molar-refractivity contribution >= 4 is 29.1 Å². The first-order valence-electron chi connectivity index (χ1n) is 7.91. The van der Waals surface area contributed by atoms with Gasteiger partial charge in [-0.1, -0.05) is 18.5 Å². The molecule has 2 heterocycles. The molecule has 0 spiro atoms. The molecule has 0 amide bonds. The number of benzene rings is 1. The van der Waals surface area contributed by atoms with Crippen molar-refractivity contribution in [2.45, 2.75) is 25.9 Å². The van der Waals surface area contributed by atoms with Gasteiger partial charge in [-0.3, -0.25) is 0 Å². The van der Waals surface area contributed by atoms with Crippen LogP contribution in [0, 0.1) is 5.92 Å². The average Bonchev–Trinajstić information content (AvgIpc) is 2.56. The Labute approximate surface area is 148 Å². The number of halogens is 4. The number of hydrogen-bond donors (Lipinski definition) is 1. The van der Waals surface area contributed by atoms with E-state index in [0.717, 1.165) is 25.6 Å². The summed E-state index contributed by atoms with van der Waals surface area (Å²) in [5.74, 6) is 1.37. The van der Waals surface area contributed by atoms with Crippen LogP contribution in [0.2, 0.25) is 5.02 Å². The Balaban J connectivity index is 1.81. The summed E-state index contributed by atoms with van der Waals surface area (Å²) in [6.45, 7) is 3.92. The number of aromatic nitrogens is 3. The predicted octanol–water partition coefficient (Wildman–Crippen LogP) is 4.52. The van der Waals surface area contributed by atoms with E-state index in [-0.39, 0.29) is 16.7 Å². The van der Waals surface area contributed by atoms with Crippen LogP contribution in [0.15, 0.2) is 24.4 Å². The Morgan fingerprint density at radius 3 is 2.84 bits per heavy atom. The number of hydrogen-bond acceptors (Lipinski definition) is 5. The topological polar surface area (TPSA) is 53.9 Å². The summed E-state index contributed by atoms with van der Waals surface area (Å²) in [7, 11) is 0. The fourth-order valence-corrected chi connectivity index (χ4v) is 3.07. The highest BCUT2D eigenvalue weighted by molar-refractivity contribution is 6.31. The van der Waals surface area contributed by atoms with Gasteiger partial charge in [0.15, 0.2) is 5.82 Å². The van der Waals surface area contributed by atoms with Crippen molar-refractivity contribution in [3.63, 3.8) is 0 Å². The molecule has 3 rings (SSSR count). The fourth-order valence-electron chi connectivity index (χ4n) is 2.85. The standard InChI is InChI=1S/C16H17ClF3N5/c1-10-3-2-6-25(9-10)14-8-21-24-15(23-14)22-11-4-5-13(17)12(7-11)16(18,19)20/h4-5,7-8,10H,2-3,6,9H2,1H3,(H,22,23,24). The lowest BCUT2D eigenvalue weighted by molar-refractivity contribution is -0.137. The molecular weight excluding hydrogens is 355 g/mol. The number of alkyl halides is 3. The molecule has 0 radical (unpaired) electrons. The van der Waals surface area contributed by atoms with Crippen LogP contribution in [0.3, 0.4) is 0 Å². The van der Waals surface area contributed by atoms with Crippen molar-refractivity contribution in [1.29, 1.82) is 0 Å². The molecule has 25 heavy (non-hydrogen) atoms. The zero-order valence-electron chi connectivity index (χ0n) is 13.5.